The molecule has 2 heterocycles. The van der Waals surface area contributed by atoms with Gasteiger partial charge in [-0.15, -0.1) is 11.6 Å². The molecule has 1 unspecified atom stereocenters. The van der Waals surface area contributed by atoms with Gasteiger partial charge >= 0.3 is 0 Å². The van der Waals surface area contributed by atoms with Gasteiger partial charge in [0, 0.05) is 13.1 Å². The van der Waals surface area contributed by atoms with Gasteiger partial charge < -0.3 is 14.4 Å². The Morgan fingerprint density at radius 3 is 3.00 bits per heavy atom. The highest BCUT2D eigenvalue weighted by Crippen LogP contribution is 2.28. The van der Waals surface area contributed by atoms with Crippen molar-refractivity contribution in [1.29, 1.82) is 0 Å². The summed E-state index contributed by atoms with van der Waals surface area (Å²) in [6, 6.07) is 0. The van der Waals surface area contributed by atoms with E-state index in [1.807, 2.05) is 13.8 Å². The fraction of sp³-hybridized carbons (Fsp3) is 0.667. The van der Waals surface area contributed by atoms with Crippen LogP contribution < -0.4 is 9.64 Å². The molecule has 7 heteroatoms. The zero-order valence-electron chi connectivity index (χ0n) is 11.2. The lowest BCUT2D eigenvalue weighted by atomic mass is 10.1. The van der Waals surface area contributed by atoms with Crippen LogP contribution >= 0.6 is 27.5 Å². The Kier molecular flexibility index (Phi) is 4.53. The molecule has 0 N–H and O–H groups in total. The number of halogens is 2. The Balaban J connectivity index is 2.25. The molecule has 5 nitrogen and oxygen atoms in total. The molecular formula is C12H17BrClN3O2. The maximum absolute atomic E-state index is 5.92. The van der Waals surface area contributed by atoms with Crippen LogP contribution in [0.3, 0.4) is 0 Å². The molecule has 1 aliphatic heterocycles. The molecule has 0 bridgehead atoms. The predicted octanol–water partition coefficient (Wildman–Crippen LogP) is 2.47. The van der Waals surface area contributed by atoms with Crippen molar-refractivity contribution in [3.63, 3.8) is 0 Å². The maximum atomic E-state index is 5.92. The normalized spacial score (nSPS) is 22.4. The molecule has 19 heavy (non-hydrogen) atoms. The summed E-state index contributed by atoms with van der Waals surface area (Å²) in [6.45, 7) is 5.46. The fourth-order valence-electron chi connectivity index (χ4n) is 2.17. The van der Waals surface area contributed by atoms with Gasteiger partial charge in [0.05, 0.1) is 35.4 Å². The molecule has 2 rings (SSSR count). The highest BCUT2D eigenvalue weighted by molar-refractivity contribution is 9.10. The molecule has 1 fully saturated rings. The molecule has 106 valence electrons. The molecule has 0 spiro atoms. The zero-order chi connectivity index (χ0) is 14.0. The Labute approximate surface area is 126 Å². The number of hydrogen-bond acceptors (Lipinski definition) is 5. The molecule has 0 amide bonds. The number of methoxy groups -OCH3 is 1. The molecule has 0 aliphatic carbocycles. The van der Waals surface area contributed by atoms with Crippen LogP contribution in [0.25, 0.3) is 0 Å². The van der Waals surface area contributed by atoms with E-state index in [-0.39, 0.29) is 11.7 Å². The van der Waals surface area contributed by atoms with Gasteiger partial charge in [-0.2, -0.15) is 4.98 Å². The highest BCUT2D eigenvalue weighted by Gasteiger charge is 2.34. The summed E-state index contributed by atoms with van der Waals surface area (Å²) in [5.74, 6) is 1.61. The largest absolute Gasteiger partial charge is 0.480 e. The average molecular weight is 351 g/mol. The first-order valence-electron chi connectivity index (χ1n) is 6.00. The number of aromatic nitrogens is 2. The standard InChI is InChI=1S/C12H17BrClN3O2/c1-12(2)7-17(6-8(4-14)19-12)11-15-5-9(13)10(16-11)18-3/h5,8H,4,6-7H2,1-3H3. The van der Waals surface area contributed by atoms with Crippen molar-refractivity contribution in [1.82, 2.24) is 9.97 Å². The van der Waals surface area contributed by atoms with Crippen LogP contribution in [-0.4, -0.2) is 47.8 Å². The van der Waals surface area contributed by atoms with E-state index in [4.69, 9.17) is 21.1 Å². The van der Waals surface area contributed by atoms with E-state index in [1.165, 1.54) is 0 Å². The van der Waals surface area contributed by atoms with Crippen LogP contribution in [0.4, 0.5) is 5.95 Å². The molecule has 0 radical (unpaired) electrons. The topological polar surface area (TPSA) is 47.5 Å². The van der Waals surface area contributed by atoms with Crippen molar-refractivity contribution in [3.8, 4) is 5.88 Å². The van der Waals surface area contributed by atoms with E-state index in [0.717, 1.165) is 4.47 Å². The van der Waals surface area contributed by atoms with E-state index in [2.05, 4.69) is 30.8 Å². The van der Waals surface area contributed by atoms with Crippen molar-refractivity contribution < 1.29 is 9.47 Å². The smallest absolute Gasteiger partial charge is 0.232 e. The second-order valence-corrected chi connectivity index (χ2v) is 6.22. The quantitative estimate of drug-likeness (QED) is 0.784. The molecule has 1 aliphatic rings. The first-order valence-corrected chi connectivity index (χ1v) is 7.33. The van der Waals surface area contributed by atoms with Crippen LogP contribution in [0.1, 0.15) is 13.8 Å². The molecule has 1 saturated heterocycles. The Hall–Kier alpha value is -0.590. The Morgan fingerprint density at radius 1 is 1.63 bits per heavy atom. The minimum Gasteiger partial charge on any atom is -0.480 e. The number of rotatable bonds is 3. The average Bonchev–Trinajstić information content (AvgIpc) is 2.37. The molecule has 1 aromatic heterocycles. The second kappa shape index (κ2) is 5.81. The molecular weight excluding hydrogens is 334 g/mol. The van der Waals surface area contributed by atoms with Gasteiger partial charge in [0.1, 0.15) is 0 Å². The minimum absolute atomic E-state index is 0.0244. The van der Waals surface area contributed by atoms with Gasteiger partial charge in [-0.25, -0.2) is 4.98 Å². The first kappa shape index (κ1) is 14.8. The van der Waals surface area contributed by atoms with Crippen molar-refractivity contribution >= 4 is 33.5 Å². The lowest BCUT2D eigenvalue weighted by Crippen LogP contribution is -2.54. The van der Waals surface area contributed by atoms with Gasteiger partial charge in [0.2, 0.25) is 11.8 Å². The minimum atomic E-state index is -0.276. The van der Waals surface area contributed by atoms with E-state index < -0.39 is 0 Å². The van der Waals surface area contributed by atoms with Crippen molar-refractivity contribution in [2.24, 2.45) is 0 Å². The van der Waals surface area contributed by atoms with Crippen LogP contribution in [0, 0.1) is 0 Å². The van der Waals surface area contributed by atoms with Gasteiger partial charge in [0.25, 0.3) is 0 Å². The van der Waals surface area contributed by atoms with E-state index in [9.17, 15) is 0 Å². The highest BCUT2D eigenvalue weighted by atomic mass is 79.9. The fourth-order valence-corrected chi connectivity index (χ4v) is 2.68. The van der Waals surface area contributed by atoms with E-state index in [1.54, 1.807) is 13.3 Å². The summed E-state index contributed by atoms with van der Waals surface area (Å²) >= 11 is 9.27. The molecule has 1 atom stereocenters. The van der Waals surface area contributed by atoms with Crippen molar-refractivity contribution in [3.05, 3.63) is 10.7 Å². The molecule has 1 aromatic rings. The number of hydrogen-bond donors (Lipinski definition) is 0. The SMILES string of the molecule is COc1nc(N2CC(CCl)OC(C)(C)C2)ncc1Br. The second-order valence-electron chi connectivity index (χ2n) is 5.06. The van der Waals surface area contributed by atoms with Crippen molar-refractivity contribution in [2.45, 2.75) is 25.6 Å². The van der Waals surface area contributed by atoms with Gasteiger partial charge in [0.15, 0.2) is 0 Å². The van der Waals surface area contributed by atoms with Crippen LogP contribution in [0.2, 0.25) is 0 Å². The number of anilines is 1. The summed E-state index contributed by atoms with van der Waals surface area (Å²) in [4.78, 5) is 10.8. The first-order chi connectivity index (χ1) is 8.95. The van der Waals surface area contributed by atoms with Gasteiger partial charge in [-0.3, -0.25) is 0 Å². The lowest BCUT2D eigenvalue weighted by molar-refractivity contribution is -0.0738. The summed E-state index contributed by atoms with van der Waals surface area (Å²) in [7, 11) is 1.59. The monoisotopic (exact) mass is 349 g/mol. The predicted molar refractivity (Wildman–Crippen MR) is 78.2 cm³/mol. The molecule has 0 aromatic carbocycles. The summed E-state index contributed by atoms with van der Waals surface area (Å²) in [6.07, 6.45) is 1.67. The van der Waals surface area contributed by atoms with E-state index in [0.29, 0.717) is 30.8 Å². The number of alkyl halides is 1. The van der Waals surface area contributed by atoms with Crippen LogP contribution in [-0.2, 0) is 4.74 Å². The zero-order valence-corrected chi connectivity index (χ0v) is 13.5. The summed E-state index contributed by atoms with van der Waals surface area (Å²) in [5.41, 5.74) is -0.276. The number of ether oxygens (including phenoxy) is 2. The third-order valence-electron chi connectivity index (χ3n) is 2.83. The van der Waals surface area contributed by atoms with Crippen molar-refractivity contribution in [2.75, 3.05) is 31.0 Å². The van der Waals surface area contributed by atoms with E-state index >= 15 is 0 Å². The Morgan fingerprint density at radius 2 is 2.37 bits per heavy atom. The van der Waals surface area contributed by atoms with Gasteiger partial charge in [-0.1, -0.05) is 0 Å². The van der Waals surface area contributed by atoms with Gasteiger partial charge in [-0.05, 0) is 29.8 Å². The number of nitrogens with zero attached hydrogens (tertiary/aromatic N) is 3. The van der Waals surface area contributed by atoms with Crippen LogP contribution in [0.15, 0.2) is 10.7 Å². The number of morpholine rings is 1. The summed E-state index contributed by atoms with van der Waals surface area (Å²) < 4.78 is 11.8. The maximum Gasteiger partial charge on any atom is 0.232 e. The van der Waals surface area contributed by atoms with Crippen LogP contribution in [0.5, 0.6) is 5.88 Å². The Bertz CT molecular complexity index is 459. The lowest BCUT2D eigenvalue weighted by Gasteiger charge is -2.42. The molecule has 0 saturated carbocycles. The third-order valence-corrected chi connectivity index (χ3v) is 3.72. The third kappa shape index (κ3) is 3.49. The summed E-state index contributed by atoms with van der Waals surface area (Å²) in [5, 5.41) is 0.